The van der Waals surface area contributed by atoms with Gasteiger partial charge in [0, 0.05) is 19.3 Å². The molecule has 3 aliphatic rings. The van der Waals surface area contributed by atoms with Crippen molar-refractivity contribution in [2.45, 2.75) is 75.1 Å². The Morgan fingerprint density at radius 1 is 1.14 bits per heavy atom. The highest BCUT2D eigenvalue weighted by molar-refractivity contribution is 7.91. The molecule has 4 nitrogen and oxygen atoms in total. The van der Waals surface area contributed by atoms with Gasteiger partial charge in [-0.3, -0.25) is 0 Å². The van der Waals surface area contributed by atoms with Gasteiger partial charge in [0.25, 0.3) is 10.0 Å². The molecule has 2 atom stereocenters. The zero-order valence-corrected chi connectivity index (χ0v) is 12.7. The highest BCUT2D eigenvalue weighted by Crippen LogP contribution is 2.39. The first-order valence-electron chi connectivity index (χ1n) is 7.73. The molecule has 1 aliphatic heterocycles. The molecular formula is C14H21F2NO3S. The Morgan fingerprint density at radius 3 is 2.52 bits per heavy atom. The summed E-state index contributed by atoms with van der Waals surface area (Å²) in [6, 6.07) is 0. The minimum atomic E-state index is -3.49. The summed E-state index contributed by atoms with van der Waals surface area (Å²) in [6.07, 6.45) is 3.87. The summed E-state index contributed by atoms with van der Waals surface area (Å²) in [4.78, 5) is 0. The van der Waals surface area contributed by atoms with Crippen LogP contribution in [0.2, 0.25) is 0 Å². The molecule has 2 saturated carbocycles. The summed E-state index contributed by atoms with van der Waals surface area (Å²) in [5, 5.41) is -0.509. The number of sulfonamides is 1. The second-order valence-electron chi connectivity index (χ2n) is 6.48. The Morgan fingerprint density at radius 2 is 1.81 bits per heavy atom. The number of hydrogen-bond acceptors (Lipinski definition) is 3. The van der Waals surface area contributed by atoms with E-state index < -0.39 is 21.2 Å². The van der Waals surface area contributed by atoms with Gasteiger partial charge in [-0.2, -0.15) is 0 Å². The summed E-state index contributed by atoms with van der Waals surface area (Å²) < 4.78 is 60.2. The van der Waals surface area contributed by atoms with Crippen LogP contribution in [-0.2, 0) is 14.8 Å². The van der Waals surface area contributed by atoms with Crippen molar-refractivity contribution >= 4 is 15.9 Å². The molecule has 0 N–H and O–H groups in total. The van der Waals surface area contributed by atoms with Gasteiger partial charge in [0.2, 0.25) is 11.8 Å². The zero-order chi connectivity index (χ0) is 15.1. The van der Waals surface area contributed by atoms with E-state index >= 15 is 0 Å². The number of halogens is 2. The minimum Gasteiger partial charge on any atom is -0.475 e. The third-order valence-corrected chi connectivity index (χ3v) is 6.60. The van der Waals surface area contributed by atoms with E-state index in [-0.39, 0.29) is 30.8 Å². The Kier molecular flexibility index (Phi) is 3.96. The van der Waals surface area contributed by atoms with Crippen LogP contribution in [0.4, 0.5) is 8.78 Å². The lowest BCUT2D eigenvalue weighted by Gasteiger charge is -2.35. The van der Waals surface area contributed by atoms with Gasteiger partial charge in [-0.05, 0) is 38.0 Å². The van der Waals surface area contributed by atoms with Crippen molar-refractivity contribution in [3.05, 3.63) is 0 Å². The van der Waals surface area contributed by atoms with Crippen molar-refractivity contribution in [1.82, 2.24) is 0 Å². The highest BCUT2D eigenvalue weighted by Gasteiger charge is 2.42. The summed E-state index contributed by atoms with van der Waals surface area (Å²) >= 11 is 0. The zero-order valence-electron chi connectivity index (χ0n) is 11.9. The first-order chi connectivity index (χ1) is 9.86. The maximum atomic E-state index is 13.1. The molecule has 0 bridgehead atoms. The topological polar surface area (TPSA) is 55.7 Å². The van der Waals surface area contributed by atoms with Crippen molar-refractivity contribution in [2.75, 3.05) is 0 Å². The average Bonchev–Trinajstić information content (AvgIpc) is 2.41. The van der Waals surface area contributed by atoms with E-state index in [1.807, 2.05) is 0 Å². The summed E-state index contributed by atoms with van der Waals surface area (Å²) in [6.45, 7) is 0. The van der Waals surface area contributed by atoms with Crippen LogP contribution in [0.5, 0.6) is 0 Å². The number of nitrogens with zero attached hydrogens (tertiary/aromatic N) is 1. The predicted octanol–water partition coefficient (Wildman–Crippen LogP) is 3.27. The molecule has 7 heteroatoms. The van der Waals surface area contributed by atoms with E-state index in [0.717, 1.165) is 19.3 Å². The standard InChI is InChI=1S/C14H21F2NO3S/c15-14(16)7-5-10(6-8-14)9-13-17-21(18,19)12-4-2-1-3-11(12)20-13/h10-12H,1-9H2. The van der Waals surface area contributed by atoms with E-state index in [2.05, 4.69) is 4.40 Å². The van der Waals surface area contributed by atoms with Crippen molar-refractivity contribution in [3.8, 4) is 0 Å². The lowest BCUT2D eigenvalue weighted by molar-refractivity contribution is -0.0456. The molecule has 0 aromatic heterocycles. The summed E-state index contributed by atoms with van der Waals surface area (Å²) in [5.41, 5.74) is 0. The van der Waals surface area contributed by atoms with Crippen molar-refractivity contribution < 1.29 is 21.9 Å². The Hall–Kier alpha value is -0.720. The fourth-order valence-corrected chi connectivity index (χ4v) is 5.16. The maximum Gasteiger partial charge on any atom is 0.262 e. The lowest BCUT2D eigenvalue weighted by atomic mass is 9.85. The summed E-state index contributed by atoms with van der Waals surface area (Å²) in [7, 11) is -3.49. The van der Waals surface area contributed by atoms with Gasteiger partial charge in [-0.25, -0.2) is 17.2 Å². The second-order valence-corrected chi connectivity index (χ2v) is 8.30. The van der Waals surface area contributed by atoms with Gasteiger partial charge in [-0.15, -0.1) is 4.40 Å². The lowest BCUT2D eigenvalue weighted by Crippen LogP contribution is -2.43. The molecule has 2 unspecified atom stereocenters. The normalized spacial score (nSPS) is 35.4. The number of rotatable bonds is 2. The van der Waals surface area contributed by atoms with Gasteiger partial charge in [0.15, 0.2) is 0 Å². The largest absolute Gasteiger partial charge is 0.475 e. The molecule has 0 radical (unpaired) electrons. The van der Waals surface area contributed by atoms with Gasteiger partial charge in [0.05, 0.1) is 0 Å². The number of hydrogen-bond donors (Lipinski definition) is 0. The summed E-state index contributed by atoms with van der Waals surface area (Å²) in [5.74, 6) is -2.26. The fraction of sp³-hybridized carbons (Fsp3) is 0.929. The molecule has 0 aromatic carbocycles. The van der Waals surface area contributed by atoms with Crippen LogP contribution in [0.25, 0.3) is 0 Å². The van der Waals surface area contributed by atoms with Crippen LogP contribution < -0.4 is 0 Å². The minimum absolute atomic E-state index is 0.0544. The van der Waals surface area contributed by atoms with Crippen LogP contribution >= 0.6 is 0 Å². The van der Waals surface area contributed by atoms with Crippen LogP contribution in [-0.4, -0.2) is 31.6 Å². The van der Waals surface area contributed by atoms with E-state index in [4.69, 9.17) is 4.74 Å². The molecule has 21 heavy (non-hydrogen) atoms. The van der Waals surface area contributed by atoms with Crippen molar-refractivity contribution in [2.24, 2.45) is 10.3 Å². The van der Waals surface area contributed by atoms with Crippen LogP contribution in [0.15, 0.2) is 4.40 Å². The SMILES string of the molecule is O=S1(=O)N=C(CC2CCC(F)(F)CC2)OC2CCCCC21. The van der Waals surface area contributed by atoms with Crippen LogP contribution in [0, 0.1) is 5.92 Å². The smallest absolute Gasteiger partial charge is 0.262 e. The Balaban J connectivity index is 1.67. The molecule has 2 aliphatic carbocycles. The monoisotopic (exact) mass is 321 g/mol. The van der Waals surface area contributed by atoms with E-state index in [0.29, 0.717) is 25.7 Å². The number of fused-ring (bicyclic) bond motifs is 1. The fourth-order valence-electron chi connectivity index (χ4n) is 3.58. The third kappa shape index (κ3) is 3.38. The maximum absolute atomic E-state index is 13.1. The van der Waals surface area contributed by atoms with E-state index in [1.54, 1.807) is 0 Å². The molecule has 0 spiro atoms. The first-order valence-corrected chi connectivity index (χ1v) is 9.23. The number of ether oxygens (including phenoxy) is 1. The Bertz CT molecular complexity index is 522. The Labute approximate surface area is 124 Å². The van der Waals surface area contributed by atoms with Crippen LogP contribution in [0.1, 0.15) is 57.8 Å². The molecule has 3 rings (SSSR count). The van der Waals surface area contributed by atoms with Crippen LogP contribution in [0.3, 0.4) is 0 Å². The van der Waals surface area contributed by atoms with Gasteiger partial charge in [0.1, 0.15) is 11.4 Å². The highest BCUT2D eigenvalue weighted by atomic mass is 32.2. The first kappa shape index (κ1) is 15.2. The molecule has 0 saturated heterocycles. The number of alkyl halides is 2. The van der Waals surface area contributed by atoms with E-state index in [9.17, 15) is 17.2 Å². The molecule has 1 heterocycles. The average molecular weight is 321 g/mol. The van der Waals surface area contributed by atoms with Crippen molar-refractivity contribution in [3.63, 3.8) is 0 Å². The molecule has 0 aromatic rings. The van der Waals surface area contributed by atoms with Gasteiger partial charge >= 0.3 is 0 Å². The van der Waals surface area contributed by atoms with Gasteiger partial charge < -0.3 is 4.74 Å². The van der Waals surface area contributed by atoms with E-state index in [1.165, 1.54) is 0 Å². The molecular weight excluding hydrogens is 300 g/mol. The molecule has 120 valence electrons. The molecule has 2 fully saturated rings. The second kappa shape index (κ2) is 5.48. The third-order valence-electron chi connectivity index (χ3n) is 4.84. The van der Waals surface area contributed by atoms with Gasteiger partial charge in [-0.1, -0.05) is 6.42 Å². The van der Waals surface area contributed by atoms with Crippen molar-refractivity contribution in [1.29, 1.82) is 0 Å². The quantitative estimate of drug-likeness (QED) is 0.784. The molecule has 0 amide bonds. The predicted molar refractivity (Wildman–Crippen MR) is 75.0 cm³/mol.